The monoisotopic (exact) mass is 152 g/mol. The van der Waals surface area contributed by atoms with E-state index < -0.39 is 0 Å². The highest BCUT2D eigenvalue weighted by Gasteiger charge is 2.23. The maximum Gasteiger partial charge on any atom is 0.259 e. The molecule has 1 N–H and O–H groups in total. The molecule has 0 fully saturated rings. The molecule has 0 spiro atoms. The minimum absolute atomic E-state index is 0.156. The van der Waals surface area contributed by atoms with Crippen molar-refractivity contribution in [2.75, 3.05) is 5.32 Å². The number of nitrogens with zero attached hydrogens (tertiary/aromatic N) is 3. The molecule has 1 aliphatic heterocycles. The molecule has 1 amide bonds. The topological polar surface area (TPSA) is 76.9 Å². The van der Waals surface area contributed by atoms with Crippen LogP contribution >= 0.6 is 0 Å². The fraction of sp³-hybridized carbons (Fsp3) is 0.200. The van der Waals surface area contributed by atoms with Crippen molar-refractivity contribution < 1.29 is 9.59 Å². The van der Waals surface area contributed by atoms with Gasteiger partial charge in [-0.05, 0) is 0 Å². The van der Waals surface area contributed by atoms with Crippen LogP contribution in [0.4, 0.5) is 5.95 Å². The Labute approximate surface area is 61.2 Å². The lowest BCUT2D eigenvalue weighted by atomic mass is 10.3. The number of nitrogens with one attached hydrogen (secondary N) is 1. The molecule has 1 aromatic rings. The van der Waals surface area contributed by atoms with Gasteiger partial charge >= 0.3 is 0 Å². The smallest absolute Gasteiger partial charge is 0.259 e. The molecule has 11 heavy (non-hydrogen) atoms. The second-order valence-corrected chi connectivity index (χ2v) is 2.11. The summed E-state index contributed by atoms with van der Waals surface area (Å²) in [5.74, 6) is -0.483. The average molecular weight is 152 g/mol. The van der Waals surface area contributed by atoms with Crippen molar-refractivity contribution in [3.8, 4) is 0 Å². The van der Waals surface area contributed by atoms with Gasteiger partial charge in [-0.15, -0.1) is 0 Å². The molecule has 2 heterocycles. The molecule has 1 aliphatic rings. The summed E-state index contributed by atoms with van der Waals surface area (Å²) in [7, 11) is 0. The predicted molar refractivity (Wildman–Crippen MR) is 33.9 cm³/mol. The van der Waals surface area contributed by atoms with Crippen molar-refractivity contribution in [2.24, 2.45) is 0 Å². The maximum absolute atomic E-state index is 11.0. The van der Waals surface area contributed by atoms with Gasteiger partial charge in [0.05, 0.1) is 0 Å². The van der Waals surface area contributed by atoms with Gasteiger partial charge in [-0.25, -0.2) is 0 Å². The Morgan fingerprint density at radius 3 is 3.18 bits per heavy atom. The van der Waals surface area contributed by atoms with E-state index in [1.807, 2.05) is 0 Å². The van der Waals surface area contributed by atoms with Crippen molar-refractivity contribution >= 4 is 17.8 Å². The first-order valence-corrected chi connectivity index (χ1v) is 3.00. The highest BCUT2D eigenvalue weighted by molar-refractivity contribution is 6.07. The van der Waals surface area contributed by atoms with E-state index in [1.165, 1.54) is 6.33 Å². The van der Waals surface area contributed by atoms with Gasteiger partial charge in [0.2, 0.25) is 11.9 Å². The molecule has 56 valence electrons. The molecule has 0 saturated carbocycles. The zero-order valence-electron chi connectivity index (χ0n) is 5.44. The number of rotatable bonds is 0. The number of aromatic nitrogens is 3. The Morgan fingerprint density at radius 1 is 1.55 bits per heavy atom. The van der Waals surface area contributed by atoms with Crippen molar-refractivity contribution in [2.45, 2.75) is 6.42 Å². The van der Waals surface area contributed by atoms with Gasteiger partial charge in [-0.3, -0.25) is 14.9 Å². The Kier molecular flexibility index (Phi) is 1.03. The van der Waals surface area contributed by atoms with E-state index in [2.05, 4.69) is 15.4 Å². The molecular weight excluding hydrogens is 148 g/mol. The molecule has 6 heteroatoms. The van der Waals surface area contributed by atoms with E-state index in [0.29, 0.717) is 0 Å². The fourth-order valence-electron chi connectivity index (χ4n) is 0.890. The molecule has 0 bridgehead atoms. The third kappa shape index (κ3) is 0.794. The molecule has 6 nitrogen and oxygen atoms in total. The highest BCUT2D eigenvalue weighted by Crippen LogP contribution is 2.08. The number of hydrogen-bond donors (Lipinski definition) is 1. The SMILES string of the molecule is O=C1CC(=O)n2ncnc2N1. The van der Waals surface area contributed by atoms with Crippen LogP contribution in [0.5, 0.6) is 0 Å². The summed E-state index contributed by atoms with van der Waals surface area (Å²) >= 11 is 0. The summed E-state index contributed by atoms with van der Waals surface area (Å²) in [6.45, 7) is 0. The zero-order valence-corrected chi connectivity index (χ0v) is 5.44. The second kappa shape index (κ2) is 1.88. The van der Waals surface area contributed by atoms with Crippen LogP contribution < -0.4 is 5.32 Å². The van der Waals surface area contributed by atoms with E-state index in [-0.39, 0.29) is 24.2 Å². The molecule has 0 aromatic carbocycles. The number of anilines is 1. The van der Waals surface area contributed by atoms with Crippen molar-refractivity contribution in [3.05, 3.63) is 6.33 Å². The minimum Gasteiger partial charge on any atom is -0.294 e. The summed E-state index contributed by atoms with van der Waals surface area (Å²) < 4.78 is 1.07. The van der Waals surface area contributed by atoms with E-state index in [1.54, 1.807) is 0 Å². The Balaban J connectivity index is 2.52. The van der Waals surface area contributed by atoms with Crippen LogP contribution in [-0.4, -0.2) is 26.6 Å². The van der Waals surface area contributed by atoms with Crippen molar-refractivity contribution in [1.82, 2.24) is 14.8 Å². The van der Waals surface area contributed by atoms with Gasteiger partial charge in [-0.2, -0.15) is 14.8 Å². The third-order valence-electron chi connectivity index (χ3n) is 1.35. The molecule has 2 rings (SSSR count). The molecule has 0 radical (unpaired) electrons. The lowest BCUT2D eigenvalue weighted by molar-refractivity contribution is -0.115. The zero-order chi connectivity index (χ0) is 7.84. The standard InChI is InChI=1S/C5H4N4O2/c10-3-1-4(11)9-5(8-3)6-2-7-9/h2H,1H2,(H,6,7,8,10). The normalized spacial score (nSPS) is 16.0. The summed E-state index contributed by atoms with van der Waals surface area (Å²) in [6.07, 6.45) is 1.06. The number of fused-ring (bicyclic) bond motifs is 1. The third-order valence-corrected chi connectivity index (χ3v) is 1.35. The first-order chi connectivity index (χ1) is 5.27. The van der Waals surface area contributed by atoms with Crippen LogP contribution in [0.1, 0.15) is 11.2 Å². The Bertz CT molecular complexity index is 329. The van der Waals surface area contributed by atoms with Crippen molar-refractivity contribution in [1.29, 1.82) is 0 Å². The average Bonchev–Trinajstić information content (AvgIpc) is 2.34. The molecule has 0 aliphatic carbocycles. The van der Waals surface area contributed by atoms with Crippen LogP contribution in [0.3, 0.4) is 0 Å². The van der Waals surface area contributed by atoms with Gasteiger partial charge < -0.3 is 0 Å². The second-order valence-electron chi connectivity index (χ2n) is 2.11. The van der Waals surface area contributed by atoms with E-state index in [0.717, 1.165) is 4.68 Å². The van der Waals surface area contributed by atoms with Crippen molar-refractivity contribution in [3.63, 3.8) is 0 Å². The Morgan fingerprint density at radius 2 is 2.36 bits per heavy atom. The van der Waals surface area contributed by atoms with Gasteiger partial charge in [-0.1, -0.05) is 0 Å². The van der Waals surface area contributed by atoms with E-state index >= 15 is 0 Å². The predicted octanol–water partition coefficient (Wildman–Crippen LogP) is -0.740. The molecule has 0 saturated heterocycles. The van der Waals surface area contributed by atoms with Crippen LogP contribution in [0.15, 0.2) is 6.33 Å². The van der Waals surface area contributed by atoms with Gasteiger partial charge in [0, 0.05) is 0 Å². The van der Waals surface area contributed by atoms with Crippen LogP contribution in [-0.2, 0) is 4.79 Å². The maximum atomic E-state index is 11.0. The molecule has 1 aromatic heterocycles. The fourth-order valence-corrected chi connectivity index (χ4v) is 0.890. The Hall–Kier alpha value is -1.72. The first-order valence-electron chi connectivity index (χ1n) is 3.00. The minimum atomic E-state index is -0.346. The lowest BCUT2D eigenvalue weighted by Gasteiger charge is -2.09. The number of carbonyl (C=O) groups excluding carboxylic acids is 2. The number of hydrogen-bond acceptors (Lipinski definition) is 4. The molecule has 0 atom stereocenters. The number of amides is 1. The van der Waals surface area contributed by atoms with Crippen LogP contribution in [0, 0.1) is 0 Å². The summed E-state index contributed by atoms with van der Waals surface area (Å²) in [5, 5.41) is 6.01. The van der Waals surface area contributed by atoms with Gasteiger partial charge in [0.25, 0.3) is 5.91 Å². The summed E-state index contributed by atoms with van der Waals surface area (Å²) in [4.78, 5) is 25.3. The number of carbonyl (C=O) groups is 2. The quantitative estimate of drug-likeness (QED) is 0.497. The van der Waals surface area contributed by atoms with Crippen LogP contribution in [0.25, 0.3) is 0 Å². The molecule has 0 unspecified atom stereocenters. The largest absolute Gasteiger partial charge is 0.294 e. The lowest BCUT2D eigenvalue weighted by Crippen LogP contribution is -2.30. The van der Waals surface area contributed by atoms with Gasteiger partial charge in [0.1, 0.15) is 12.7 Å². The van der Waals surface area contributed by atoms with Crippen LogP contribution in [0.2, 0.25) is 0 Å². The highest BCUT2D eigenvalue weighted by atomic mass is 16.2. The van der Waals surface area contributed by atoms with E-state index in [4.69, 9.17) is 0 Å². The summed E-state index contributed by atoms with van der Waals surface area (Å²) in [5.41, 5.74) is 0. The van der Waals surface area contributed by atoms with Gasteiger partial charge in [0.15, 0.2) is 0 Å². The molecular formula is C5H4N4O2. The first kappa shape index (κ1) is 6.02. The van der Waals surface area contributed by atoms with E-state index in [9.17, 15) is 9.59 Å². The summed E-state index contributed by atoms with van der Waals surface area (Å²) in [6, 6.07) is 0.